The maximum Gasteiger partial charge on any atom is 0.272 e. The van der Waals surface area contributed by atoms with Crippen LogP contribution >= 0.6 is 11.6 Å². The van der Waals surface area contributed by atoms with E-state index in [4.69, 9.17) is 21.6 Å². The Morgan fingerprint density at radius 2 is 1.92 bits per heavy atom. The lowest BCUT2D eigenvalue weighted by atomic mass is 10.2. The largest absolute Gasteiger partial charge is 0.484 e. The average Bonchev–Trinajstić information content (AvgIpc) is 2.61. The van der Waals surface area contributed by atoms with Gasteiger partial charge in [0.05, 0.1) is 21.6 Å². The Bertz CT molecular complexity index is 927. The summed E-state index contributed by atoms with van der Waals surface area (Å²) in [4.78, 5) is 13.2. The van der Waals surface area contributed by atoms with E-state index >= 15 is 0 Å². The highest BCUT2D eigenvalue weighted by Gasteiger charge is 2.17. The lowest BCUT2D eigenvalue weighted by Crippen LogP contribution is -2.43. The van der Waals surface area contributed by atoms with Crippen LogP contribution in [0, 0.1) is 17.1 Å². The third kappa shape index (κ3) is 5.15. The number of hydrazine groups is 1. The van der Waals surface area contributed by atoms with Crippen molar-refractivity contribution in [1.29, 1.82) is 5.26 Å². The van der Waals surface area contributed by atoms with E-state index in [9.17, 15) is 17.6 Å². The van der Waals surface area contributed by atoms with Crippen LogP contribution in [0.4, 0.5) is 4.39 Å². The van der Waals surface area contributed by atoms with Crippen molar-refractivity contribution in [3.8, 4) is 11.8 Å². The number of nitriles is 1. The van der Waals surface area contributed by atoms with Gasteiger partial charge in [-0.15, -0.1) is 4.83 Å². The summed E-state index contributed by atoms with van der Waals surface area (Å²) < 4.78 is 42.1. The van der Waals surface area contributed by atoms with E-state index in [0.29, 0.717) is 11.3 Å². The summed E-state index contributed by atoms with van der Waals surface area (Å²) in [7, 11) is -4.11. The molecule has 2 N–H and O–H groups in total. The molecular weight excluding hydrogens is 373 g/mol. The quantitative estimate of drug-likeness (QED) is 0.738. The van der Waals surface area contributed by atoms with Gasteiger partial charge < -0.3 is 4.74 Å². The van der Waals surface area contributed by atoms with Gasteiger partial charge in [0.15, 0.2) is 6.61 Å². The average molecular weight is 384 g/mol. The number of sulfonamides is 1. The van der Waals surface area contributed by atoms with Crippen LogP contribution < -0.4 is 15.0 Å². The summed E-state index contributed by atoms with van der Waals surface area (Å²) in [6.45, 7) is -0.460. The number of hydrogen-bond acceptors (Lipinski definition) is 5. The molecule has 0 aromatic heterocycles. The summed E-state index contributed by atoms with van der Waals surface area (Å²) in [5, 5.41) is 8.31. The van der Waals surface area contributed by atoms with Gasteiger partial charge in [0.2, 0.25) is 0 Å². The highest BCUT2D eigenvalue weighted by Crippen LogP contribution is 2.19. The van der Waals surface area contributed by atoms with Crippen LogP contribution in [0.3, 0.4) is 0 Å². The molecule has 0 fully saturated rings. The highest BCUT2D eigenvalue weighted by molar-refractivity contribution is 7.89. The van der Waals surface area contributed by atoms with E-state index in [0.717, 1.165) is 18.2 Å². The fraction of sp³-hybridized carbons (Fsp3) is 0.0667. The van der Waals surface area contributed by atoms with Crippen LogP contribution in [0.15, 0.2) is 47.4 Å². The lowest BCUT2D eigenvalue weighted by molar-refractivity contribution is -0.123. The maximum absolute atomic E-state index is 13.1. The van der Waals surface area contributed by atoms with E-state index in [1.807, 2.05) is 16.3 Å². The van der Waals surface area contributed by atoms with E-state index in [-0.39, 0.29) is 9.92 Å². The zero-order valence-corrected chi connectivity index (χ0v) is 14.1. The van der Waals surface area contributed by atoms with Crippen molar-refractivity contribution < 1.29 is 22.3 Å². The van der Waals surface area contributed by atoms with Gasteiger partial charge in [-0.1, -0.05) is 11.6 Å². The Morgan fingerprint density at radius 1 is 1.24 bits per heavy atom. The van der Waals surface area contributed by atoms with Gasteiger partial charge in [0.1, 0.15) is 11.6 Å². The van der Waals surface area contributed by atoms with Crippen LogP contribution in [-0.2, 0) is 14.8 Å². The van der Waals surface area contributed by atoms with Crippen LogP contribution in [0.2, 0.25) is 5.02 Å². The summed E-state index contributed by atoms with van der Waals surface area (Å²) in [6.07, 6.45) is 0. The third-order valence-corrected chi connectivity index (χ3v) is 4.41. The Hall–Kier alpha value is -2.67. The van der Waals surface area contributed by atoms with Gasteiger partial charge in [-0.3, -0.25) is 10.2 Å². The fourth-order valence-corrected chi connectivity index (χ4v) is 2.77. The molecule has 0 saturated heterocycles. The number of carbonyl (C=O) groups is 1. The lowest BCUT2D eigenvalue weighted by Gasteiger charge is -2.10. The molecule has 0 aliphatic rings. The number of nitrogens with one attached hydrogen (secondary N) is 2. The second-order valence-electron chi connectivity index (χ2n) is 4.65. The SMILES string of the molecule is N#Cc1ccc(OCC(=O)NNS(=O)(=O)c2ccc(F)c(Cl)c2)cc1. The van der Waals surface area contributed by atoms with Gasteiger partial charge in [0.25, 0.3) is 15.9 Å². The van der Waals surface area contributed by atoms with Crippen LogP contribution in [-0.4, -0.2) is 20.9 Å². The molecule has 0 heterocycles. The van der Waals surface area contributed by atoms with Crippen molar-refractivity contribution in [3.63, 3.8) is 0 Å². The molecular formula is C15H11ClFN3O4S. The molecule has 10 heteroatoms. The number of hydrogen-bond donors (Lipinski definition) is 2. The van der Waals surface area contributed by atoms with E-state index < -0.39 is 28.4 Å². The van der Waals surface area contributed by atoms with Crippen molar-refractivity contribution in [3.05, 3.63) is 58.9 Å². The predicted octanol–water partition coefficient (Wildman–Crippen LogP) is 1.74. The first-order valence-electron chi connectivity index (χ1n) is 6.70. The van der Waals surface area contributed by atoms with Gasteiger partial charge in [0, 0.05) is 0 Å². The Balaban J connectivity index is 1.89. The summed E-state index contributed by atoms with van der Waals surface area (Å²) in [5.41, 5.74) is 2.39. The minimum atomic E-state index is -4.11. The molecule has 0 radical (unpaired) electrons. The fourth-order valence-electron chi connectivity index (χ4n) is 1.64. The summed E-state index contributed by atoms with van der Waals surface area (Å²) in [6, 6.07) is 10.8. The van der Waals surface area contributed by atoms with Crippen LogP contribution in [0.25, 0.3) is 0 Å². The molecule has 0 unspecified atom stereocenters. The number of rotatable bonds is 6. The van der Waals surface area contributed by atoms with Crippen LogP contribution in [0.5, 0.6) is 5.75 Å². The minimum Gasteiger partial charge on any atom is -0.484 e. The maximum atomic E-state index is 13.1. The van der Waals surface area contributed by atoms with Gasteiger partial charge in [-0.2, -0.15) is 5.26 Å². The van der Waals surface area contributed by atoms with E-state index in [1.54, 1.807) is 0 Å². The topological polar surface area (TPSA) is 108 Å². The Kier molecular flexibility index (Phi) is 5.93. The number of halogens is 2. The first-order valence-corrected chi connectivity index (χ1v) is 8.56. The monoisotopic (exact) mass is 383 g/mol. The predicted molar refractivity (Wildman–Crippen MR) is 86.5 cm³/mol. The normalized spacial score (nSPS) is 10.8. The van der Waals surface area contributed by atoms with Crippen molar-refractivity contribution in [2.24, 2.45) is 0 Å². The molecule has 25 heavy (non-hydrogen) atoms. The first-order chi connectivity index (χ1) is 11.8. The molecule has 2 rings (SSSR count). The molecule has 1 amide bonds. The highest BCUT2D eigenvalue weighted by atomic mass is 35.5. The van der Waals surface area contributed by atoms with Crippen molar-refractivity contribution >= 4 is 27.5 Å². The first kappa shape index (κ1) is 18.7. The van der Waals surface area contributed by atoms with Crippen molar-refractivity contribution in [2.75, 3.05) is 6.61 Å². The molecule has 2 aromatic rings. The summed E-state index contributed by atoms with van der Waals surface area (Å²) in [5.74, 6) is -1.19. The van der Waals surface area contributed by atoms with Crippen molar-refractivity contribution in [2.45, 2.75) is 4.90 Å². The number of benzene rings is 2. The third-order valence-electron chi connectivity index (χ3n) is 2.88. The molecule has 0 atom stereocenters. The van der Waals surface area contributed by atoms with Gasteiger partial charge in [-0.25, -0.2) is 12.8 Å². The van der Waals surface area contributed by atoms with Crippen molar-refractivity contribution in [1.82, 2.24) is 10.3 Å². The smallest absolute Gasteiger partial charge is 0.272 e. The standard InChI is InChI=1S/C15H11ClFN3O4S/c16-13-7-12(5-6-14(13)17)25(22,23)20-19-15(21)9-24-11-3-1-10(8-18)2-4-11/h1-7,20H,9H2,(H,19,21). The molecule has 0 saturated carbocycles. The molecule has 130 valence electrons. The molecule has 0 bridgehead atoms. The van der Waals surface area contributed by atoms with Crippen LogP contribution in [0.1, 0.15) is 5.56 Å². The van der Waals surface area contributed by atoms with E-state index in [1.165, 1.54) is 24.3 Å². The van der Waals surface area contributed by atoms with Gasteiger partial charge >= 0.3 is 0 Å². The number of amides is 1. The molecule has 0 aliphatic heterocycles. The Morgan fingerprint density at radius 3 is 2.52 bits per heavy atom. The zero-order valence-electron chi connectivity index (χ0n) is 12.5. The Labute approximate surface area is 148 Å². The number of ether oxygens (including phenoxy) is 1. The molecule has 0 spiro atoms. The minimum absolute atomic E-state index is 0.313. The second-order valence-corrected chi connectivity index (χ2v) is 6.74. The van der Waals surface area contributed by atoms with Gasteiger partial charge in [-0.05, 0) is 42.5 Å². The number of nitrogens with zero attached hydrogens (tertiary/aromatic N) is 1. The molecule has 7 nitrogen and oxygen atoms in total. The summed E-state index contributed by atoms with van der Waals surface area (Å²) >= 11 is 5.53. The zero-order chi connectivity index (χ0) is 18.4. The molecule has 0 aliphatic carbocycles. The van der Waals surface area contributed by atoms with E-state index in [2.05, 4.69) is 0 Å². The number of carbonyl (C=O) groups excluding carboxylic acids is 1. The molecule has 2 aromatic carbocycles. The second kappa shape index (κ2) is 7.94.